The number of rotatable bonds is 12. The summed E-state index contributed by atoms with van der Waals surface area (Å²) in [6, 6.07) is 0. The highest BCUT2D eigenvalue weighted by molar-refractivity contribution is 5.69. The minimum atomic E-state index is -5.56. The number of alkyl halides is 5. The maximum atomic E-state index is 12.7. The van der Waals surface area contributed by atoms with Gasteiger partial charge in [0.05, 0.1) is 5.92 Å². The third kappa shape index (κ3) is 8.54. The molecule has 0 aromatic carbocycles. The van der Waals surface area contributed by atoms with E-state index in [-0.39, 0.29) is 6.42 Å². The normalized spacial score (nSPS) is 14.1. The fourth-order valence-electron chi connectivity index (χ4n) is 2.27. The van der Waals surface area contributed by atoms with Gasteiger partial charge in [-0.05, 0) is 19.3 Å². The Morgan fingerprint density at radius 3 is 1.91 bits per heavy atom. The first-order valence-corrected chi connectivity index (χ1v) is 7.79. The molecule has 0 fully saturated rings. The fourth-order valence-corrected chi connectivity index (χ4v) is 2.27. The second-order valence-electron chi connectivity index (χ2n) is 5.69. The number of hydrogen-bond acceptors (Lipinski definition) is 1. The van der Waals surface area contributed by atoms with Crippen LogP contribution < -0.4 is 0 Å². The van der Waals surface area contributed by atoms with Crippen LogP contribution >= 0.6 is 0 Å². The summed E-state index contributed by atoms with van der Waals surface area (Å²) in [7, 11) is 0. The summed E-state index contributed by atoms with van der Waals surface area (Å²) in [5, 5.41) is 8.99. The van der Waals surface area contributed by atoms with Crippen LogP contribution in [0, 0.1) is 5.92 Å². The van der Waals surface area contributed by atoms with Crippen molar-refractivity contribution in [3.05, 3.63) is 0 Å². The van der Waals surface area contributed by atoms with E-state index in [0.717, 1.165) is 32.1 Å². The van der Waals surface area contributed by atoms with Gasteiger partial charge in [0.2, 0.25) is 0 Å². The first-order chi connectivity index (χ1) is 10.1. The van der Waals surface area contributed by atoms with Crippen LogP contribution in [0.25, 0.3) is 0 Å². The lowest BCUT2D eigenvalue weighted by atomic mass is 9.94. The molecule has 0 heterocycles. The Hall–Kier alpha value is -0.880. The van der Waals surface area contributed by atoms with Crippen molar-refractivity contribution < 1.29 is 31.9 Å². The summed E-state index contributed by atoms with van der Waals surface area (Å²) in [6.45, 7) is 2.08. The van der Waals surface area contributed by atoms with Gasteiger partial charge < -0.3 is 5.11 Å². The lowest BCUT2D eigenvalue weighted by Gasteiger charge is -2.20. The fraction of sp³-hybridized carbons (Fsp3) is 0.933. The van der Waals surface area contributed by atoms with Crippen molar-refractivity contribution in [1.29, 1.82) is 0 Å². The molecule has 0 spiro atoms. The zero-order valence-electron chi connectivity index (χ0n) is 12.9. The average Bonchev–Trinajstić information content (AvgIpc) is 2.38. The maximum Gasteiger partial charge on any atom is 0.453 e. The highest BCUT2D eigenvalue weighted by atomic mass is 19.4. The van der Waals surface area contributed by atoms with E-state index >= 15 is 0 Å². The molecule has 132 valence electrons. The number of carboxylic acid groups (broad SMARTS) is 1. The van der Waals surface area contributed by atoms with Crippen LogP contribution in [0.4, 0.5) is 22.0 Å². The van der Waals surface area contributed by atoms with E-state index in [9.17, 15) is 26.7 Å². The molecule has 0 aromatic heterocycles. The van der Waals surface area contributed by atoms with Gasteiger partial charge in [-0.3, -0.25) is 4.79 Å². The van der Waals surface area contributed by atoms with Crippen molar-refractivity contribution in [1.82, 2.24) is 0 Å². The van der Waals surface area contributed by atoms with Gasteiger partial charge in [-0.15, -0.1) is 0 Å². The quantitative estimate of drug-likeness (QED) is 0.362. The van der Waals surface area contributed by atoms with Crippen LogP contribution in [0.1, 0.15) is 71.1 Å². The average molecular weight is 332 g/mol. The third-order valence-electron chi connectivity index (χ3n) is 3.71. The topological polar surface area (TPSA) is 37.3 Å². The van der Waals surface area contributed by atoms with Gasteiger partial charge in [0.15, 0.2) is 0 Å². The van der Waals surface area contributed by atoms with Crippen molar-refractivity contribution in [3.63, 3.8) is 0 Å². The summed E-state index contributed by atoms with van der Waals surface area (Å²) in [5.41, 5.74) is 0. The molecule has 7 heteroatoms. The zero-order chi connectivity index (χ0) is 17.2. The number of carboxylic acids is 1. The standard InChI is InChI=1S/C15H25F5O2/c1-2-3-4-5-6-7-9-12(13(21)22)10-8-11-14(16,17)15(18,19)20/h12H,2-11H2,1H3,(H,21,22). The smallest absolute Gasteiger partial charge is 0.453 e. The molecule has 0 saturated heterocycles. The van der Waals surface area contributed by atoms with E-state index in [0.29, 0.717) is 12.8 Å². The van der Waals surface area contributed by atoms with E-state index in [4.69, 9.17) is 5.11 Å². The Labute approximate surface area is 128 Å². The van der Waals surface area contributed by atoms with E-state index < -0.39 is 36.8 Å². The molecular weight excluding hydrogens is 307 g/mol. The van der Waals surface area contributed by atoms with E-state index in [2.05, 4.69) is 6.92 Å². The van der Waals surface area contributed by atoms with Gasteiger partial charge in [-0.2, -0.15) is 22.0 Å². The molecule has 0 rings (SSSR count). The van der Waals surface area contributed by atoms with Crippen molar-refractivity contribution in [2.24, 2.45) is 5.92 Å². The molecule has 22 heavy (non-hydrogen) atoms. The van der Waals surface area contributed by atoms with Gasteiger partial charge in [-0.25, -0.2) is 0 Å². The van der Waals surface area contributed by atoms with Crippen LogP contribution in [-0.4, -0.2) is 23.2 Å². The predicted octanol–water partition coefficient (Wildman–Crippen LogP) is 5.81. The van der Waals surface area contributed by atoms with Crippen LogP contribution in [0.15, 0.2) is 0 Å². The van der Waals surface area contributed by atoms with Crippen molar-refractivity contribution in [2.75, 3.05) is 0 Å². The van der Waals surface area contributed by atoms with Crippen LogP contribution in [-0.2, 0) is 4.79 Å². The molecule has 1 atom stereocenters. The van der Waals surface area contributed by atoms with E-state index in [1.54, 1.807) is 0 Å². The molecule has 0 aromatic rings. The van der Waals surface area contributed by atoms with Gasteiger partial charge in [-0.1, -0.05) is 45.4 Å². The molecule has 0 radical (unpaired) electrons. The second kappa shape index (κ2) is 10.0. The highest BCUT2D eigenvalue weighted by Crippen LogP contribution is 2.39. The third-order valence-corrected chi connectivity index (χ3v) is 3.71. The Balaban J connectivity index is 4.03. The monoisotopic (exact) mass is 332 g/mol. The number of hydrogen-bond donors (Lipinski definition) is 1. The van der Waals surface area contributed by atoms with Gasteiger partial charge in [0, 0.05) is 6.42 Å². The molecule has 1 unspecified atom stereocenters. The summed E-state index contributed by atoms with van der Waals surface area (Å²) in [4.78, 5) is 11.0. The Morgan fingerprint density at radius 1 is 0.909 bits per heavy atom. The minimum Gasteiger partial charge on any atom is -0.481 e. The van der Waals surface area contributed by atoms with Gasteiger partial charge in [0.1, 0.15) is 0 Å². The lowest BCUT2D eigenvalue weighted by Crippen LogP contribution is -2.36. The lowest BCUT2D eigenvalue weighted by molar-refractivity contribution is -0.284. The van der Waals surface area contributed by atoms with Crippen LogP contribution in [0.3, 0.4) is 0 Å². The minimum absolute atomic E-state index is 0.143. The van der Waals surface area contributed by atoms with E-state index in [1.165, 1.54) is 0 Å². The Bertz CT molecular complexity index is 316. The van der Waals surface area contributed by atoms with Crippen molar-refractivity contribution in [2.45, 2.75) is 83.2 Å². The zero-order valence-corrected chi connectivity index (χ0v) is 12.9. The summed E-state index contributed by atoms with van der Waals surface area (Å²) in [6.07, 6.45) is -1.35. The number of halogens is 5. The van der Waals surface area contributed by atoms with Crippen molar-refractivity contribution in [3.8, 4) is 0 Å². The largest absolute Gasteiger partial charge is 0.481 e. The maximum absolute atomic E-state index is 12.7. The first-order valence-electron chi connectivity index (χ1n) is 7.79. The summed E-state index contributed by atoms with van der Waals surface area (Å²) >= 11 is 0. The summed E-state index contributed by atoms with van der Waals surface area (Å²) < 4.78 is 61.5. The predicted molar refractivity (Wildman–Crippen MR) is 74.0 cm³/mol. The molecule has 0 aliphatic carbocycles. The molecule has 0 saturated carbocycles. The van der Waals surface area contributed by atoms with E-state index in [1.807, 2.05) is 0 Å². The SMILES string of the molecule is CCCCCCCCC(CCCC(F)(F)C(F)(F)F)C(=O)O. The molecule has 2 nitrogen and oxygen atoms in total. The molecule has 1 N–H and O–H groups in total. The molecule has 0 amide bonds. The van der Waals surface area contributed by atoms with Gasteiger partial charge >= 0.3 is 18.1 Å². The van der Waals surface area contributed by atoms with Crippen molar-refractivity contribution >= 4 is 5.97 Å². The van der Waals surface area contributed by atoms with Crippen LogP contribution in [0.2, 0.25) is 0 Å². The van der Waals surface area contributed by atoms with Crippen LogP contribution in [0.5, 0.6) is 0 Å². The molecule has 0 aliphatic heterocycles. The summed E-state index contributed by atoms with van der Waals surface area (Å²) in [5.74, 6) is -6.70. The van der Waals surface area contributed by atoms with Gasteiger partial charge in [0.25, 0.3) is 0 Å². The number of aliphatic carboxylic acids is 1. The Morgan fingerprint density at radius 2 is 1.41 bits per heavy atom. The number of carbonyl (C=O) groups is 1. The molecule has 0 bridgehead atoms. The Kier molecular flexibility index (Phi) is 9.60. The first kappa shape index (κ1) is 21.1. The number of unbranched alkanes of at least 4 members (excludes halogenated alkanes) is 5. The molecule has 0 aliphatic rings. The molecular formula is C15H25F5O2. The second-order valence-corrected chi connectivity index (χ2v) is 5.69. The highest BCUT2D eigenvalue weighted by Gasteiger charge is 2.56.